The van der Waals surface area contributed by atoms with E-state index >= 15 is 0 Å². The number of aryl methyl sites for hydroxylation is 3. The van der Waals surface area contributed by atoms with Crippen LogP contribution in [0.1, 0.15) is 38.4 Å². The molecule has 0 atom stereocenters. The van der Waals surface area contributed by atoms with Crippen LogP contribution in [0, 0.1) is 13.8 Å². The fourth-order valence-electron chi connectivity index (χ4n) is 2.35. The topological polar surface area (TPSA) is 30.2 Å². The molecule has 20 heavy (non-hydrogen) atoms. The van der Waals surface area contributed by atoms with Gasteiger partial charge < -0.3 is 4.42 Å². The van der Waals surface area contributed by atoms with Crippen molar-refractivity contribution in [1.29, 1.82) is 0 Å². The molecule has 2 heterocycles. The minimum absolute atomic E-state index is 0.0129. The molecule has 3 heteroatoms. The summed E-state index contributed by atoms with van der Waals surface area (Å²) in [7, 11) is 0. The van der Waals surface area contributed by atoms with Crippen molar-refractivity contribution in [2.75, 3.05) is 0 Å². The number of carbonyl (C=O) groups is 1. The summed E-state index contributed by atoms with van der Waals surface area (Å²) in [6.45, 7) is 6.06. The van der Waals surface area contributed by atoms with Gasteiger partial charge in [-0.2, -0.15) is 0 Å². The molecule has 0 N–H and O–H groups in total. The molecule has 0 aliphatic heterocycles. The fraction of sp³-hybridized carbons (Fsp3) is 0.235. The largest absolute Gasteiger partial charge is 0.452 e. The van der Waals surface area contributed by atoms with E-state index in [2.05, 4.69) is 6.92 Å². The lowest BCUT2D eigenvalue weighted by atomic mass is 10.1. The maximum atomic E-state index is 12.6. The van der Waals surface area contributed by atoms with Crippen LogP contribution in [0.15, 0.2) is 34.7 Å². The number of furan rings is 1. The average Bonchev–Trinajstić information content (AvgIpc) is 3.03. The Morgan fingerprint density at radius 3 is 2.70 bits per heavy atom. The Morgan fingerprint density at radius 2 is 2.00 bits per heavy atom. The van der Waals surface area contributed by atoms with Gasteiger partial charge in [0, 0.05) is 15.8 Å². The van der Waals surface area contributed by atoms with Gasteiger partial charge in [-0.15, -0.1) is 11.3 Å². The summed E-state index contributed by atoms with van der Waals surface area (Å²) in [5.74, 6) is 0.455. The first-order valence-electron chi connectivity index (χ1n) is 6.73. The van der Waals surface area contributed by atoms with Gasteiger partial charge in [0.1, 0.15) is 5.58 Å². The molecule has 0 saturated heterocycles. The number of rotatable bonds is 3. The summed E-state index contributed by atoms with van der Waals surface area (Å²) >= 11 is 1.55. The van der Waals surface area contributed by atoms with Gasteiger partial charge in [0.05, 0.1) is 4.88 Å². The van der Waals surface area contributed by atoms with E-state index in [4.69, 9.17) is 4.42 Å². The highest BCUT2D eigenvalue weighted by Crippen LogP contribution is 2.29. The lowest BCUT2D eigenvalue weighted by Crippen LogP contribution is -1.98. The van der Waals surface area contributed by atoms with Crippen LogP contribution in [0.5, 0.6) is 0 Å². The first-order valence-corrected chi connectivity index (χ1v) is 7.55. The Morgan fingerprint density at radius 1 is 1.20 bits per heavy atom. The molecule has 0 fully saturated rings. The van der Waals surface area contributed by atoms with Crippen molar-refractivity contribution in [3.8, 4) is 0 Å². The minimum Gasteiger partial charge on any atom is -0.452 e. The van der Waals surface area contributed by atoms with Gasteiger partial charge in [-0.25, -0.2) is 0 Å². The fourth-order valence-corrected chi connectivity index (χ4v) is 3.24. The lowest BCUT2D eigenvalue weighted by molar-refractivity contribution is 0.101. The highest BCUT2D eigenvalue weighted by molar-refractivity contribution is 7.14. The van der Waals surface area contributed by atoms with Crippen LogP contribution >= 0.6 is 11.3 Å². The number of thiophene rings is 1. The molecule has 2 aromatic heterocycles. The monoisotopic (exact) mass is 284 g/mol. The smallest absolute Gasteiger partial charge is 0.238 e. The number of ketones is 1. The van der Waals surface area contributed by atoms with E-state index in [9.17, 15) is 4.79 Å². The summed E-state index contributed by atoms with van der Waals surface area (Å²) in [6.07, 6.45) is 0.955. The third kappa shape index (κ3) is 2.08. The Labute approximate surface area is 122 Å². The number of fused-ring (bicyclic) bond motifs is 1. The molecule has 0 radical (unpaired) electrons. The molecule has 1 aromatic carbocycles. The standard InChI is InChI=1S/C17H16O2S/c1-4-12-6-8-15(20-12)16(18)17-11(3)13-7-5-10(2)9-14(13)19-17/h5-9H,4H2,1-3H3. The first-order chi connectivity index (χ1) is 9.60. The molecule has 2 nitrogen and oxygen atoms in total. The summed E-state index contributed by atoms with van der Waals surface area (Å²) in [5, 5.41) is 1.02. The molecule has 0 saturated carbocycles. The van der Waals surface area contributed by atoms with Gasteiger partial charge in [0.2, 0.25) is 5.78 Å². The summed E-state index contributed by atoms with van der Waals surface area (Å²) in [5.41, 5.74) is 2.85. The van der Waals surface area contributed by atoms with Crippen molar-refractivity contribution < 1.29 is 9.21 Å². The molecule has 0 aliphatic carbocycles. The van der Waals surface area contributed by atoms with Crippen molar-refractivity contribution >= 4 is 28.1 Å². The number of hydrogen-bond donors (Lipinski definition) is 0. The Bertz CT molecular complexity index is 793. The molecule has 0 amide bonds. The zero-order chi connectivity index (χ0) is 14.3. The second kappa shape index (κ2) is 4.91. The molecular weight excluding hydrogens is 268 g/mol. The van der Waals surface area contributed by atoms with Crippen LogP contribution in [0.3, 0.4) is 0 Å². The second-order valence-corrected chi connectivity index (χ2v) is 6.17. The summed E-state index contributed by atoms with van der Waals surface area (Å²) < 4.78 is 5.80. The van der Waals surface area contributed by atoms with Crippen LogP contribution in [-0.4, -0.2) is 5.78 Å². The van der Waals surface area contributed by atoms with E-state index < -0.39 is 0 Å². The number of carbonyl (C=O) groups excluding carboxylic acids is 1. The summed E-state index contributed by atoms with van der Waals surface area (Å²) in [4.78, 5) is 14.5. The first kappa shape index (κ1) is 13.1. The molecule has 0 aliphatic rings. The van der Waals surface area contributed by atoms with E-state index in [0.717, 1.165) is 33.4 Å². The van der Waals surface area contributed by atoms with Crippen LogP contribution in [-0.2, 0) is 6.42 Å². The van der Waals surface area contributed by atoms with Crippen LogP contribution in [0.4, 0.5) is 0 Å². The summed E-state index contributed by atoms with van der Waals surface area (Å²) in [6, 6.07) is 9.94. The molecule has 0 bridgehead atoms. The van der Waals surface area contributed by atoms with E-state index in [1.165, 1.54) is 4.88 Å². The zero-order valence-corrected chi connectivity index (χ0v) is 12.6. The average molecular weight is 284 g/mol. The van der Waals surface area contributed by atoms with Crippen LogP contribution < -0.4 is 0 Å². The van der Waals surface area contributed by atoms with E-state index in [1.54, 1.807) is 11.3 Å². The van der Waals surface area contributed by atoms with Gasteiger partial charge >= 0.3 is 0 Å². The lowest BCUT2D eigenvalue weighted by Gasteiger charge is -1.94. The zero-order valence-electron chi connectivity index (χ0n) is 11.8. The predicted molar refractivity (Wildman–Crippen MR) is 82.8 cm³/mol. The SMILES string of the molecule is CCc1ccc(C(=O)c2oc3cc(C)ccc3c2C)s1. The van der Waals surface area contributed by atoms with Gasteiger partial charge in [0.15, 0.2) is 5.76 Å². The third-order valence-corrected chi connectivity index (χ3v) is 4.76. The molecule has 0 unspecified atom stereocenters. The molecule has 3 aromatic rings. The van der Waals surface area contributed by atoms with Crippen molar-refractivity contribution in [1.82, 2.24) is 0 Å². The Kier molecular flexibility index (Phi) is 3.22. The van der Waals surface area contributed by atoms with Crippen LogP contribution in [0.25, 0.3) is 11.0 Å². The van der Waals surface area contributed by atoms with Gasteiger partial charge in [-0.3, -0.25) is 4.79 Å². The van der Waals surface area contributed by atoms with Gasteiger partial charge in [-0.05, 0) is 44.0 Å². The second-order valence-electron chi connectivity index (χ2n) is 5.00. The highest BCUT2D eigenvalue weighted by Gasteiger charge is 2.20. The number of benzene rings is 1. The van der Waals surface area contributed by atoms with Gasteiger partial charge in [0.25, 0.3) is 0 Å². The highest BCUT2D eigenvalue weighted by atomic mass is 32.1. The normalized spacial score (nSPS) is 11.2. The minimum atomic E-state index is -0.0129. The maximum Gasteiger partial charge on any atom is 0.238 e. The Hall–Kier alpha value is -1.87. The molecule has 3 rings (SSSR count). The third-order valence-electron chi connectivity index (χ3n) is 3.53. The molecule has 0 spiro atoms. The van der Waals surface area contributed by atoms with Crippen molar-refractivity contribution in [2.45, 2.75) is 27.2 Å². The van der Waals surface area contributed by atoms with E-state index in [1.807, 2.05) is 44.2 Å². The number of hydrogen-bond acceptors (Lipinski definition) is 3. The van der Waals surface area contributed by atoms with E-state index in [0.29, 0.717) is 5.76 Å². The quantitative estimate of drug-likeness (QED) is 0.640. The predicted octanol–water partition coefficient (Wildman–Crippen LogP) is 4.90. The van der Waals surface area contributed by atoms with Crippen molar-refractivity contribution in [2.24, 2.45) is 0 Å². The van der Waals surface area contributed by atoms with Crippen LogP contribution in [0.2, 0.25) is 0 Å². The van der Waals surface area contributed by atoms with E-state index in [-0.39, 0.29) is 5.78 Å². The van der Waals surface area contributed by atoms with Crippen molar-refractivity contribution in [3.05, 3.63) is 57.0 Å². The van der Waals surface area contributed by atoms with Crippen molar-refractivity contribution in [3.63, 3.8) is 0 Å². The molecular formula is C17H16O2S. The maximum absolute atomic E-state index is 12.6. The Balaban J connectivity index is 2.09. The molecule has 102 valence electrons. The van der Waals surface area contributed by atoms with Gasteiger partial charge in [-0.1, -0.05) is 19.1 Å².